The standard InChI is InChI=1S/C7H8ClN4O2.K/c1-11-4-3(9-6(8)10-4)5(13)12(2)7(11)14;/h6H,1-2H3,(H,10,13);/q-1;+1. The van der Waals surface area contributed by atoms with Gasteiger partial charge in [0.2, 0.25) is 5.56 Å². The van der Waals surface area contributed by atoms with Crippen molar-refractivity contribution in [1.82, 2.24) is 9.13 Å². The Kier molecular flexibility index (Phi) is 4.07. The molecule has 1 aliphatic heterocycles. The fraction of sp³-hybridized carbons (Fsp3) is 0.429. The van der Waals surface area contributed by atoms with Crippen LogP contribution in [0.4, 0.5) is 11.5 Å². The minimum Gasteiger partial charge on any atom is -0.645 e. The Morgan fingerprint density at radius 2 is 1.93 bits per heavy atom. The summed E-state index contributed by atoms with van der Waals surface area (Å²) in [6, 6.07) is 0. The number of halogens is 1. The quantitative estimate of drug-likeness (QED) is 0.306. The van der Waals surface area contributed by atoms with Crippen LogP contribution in [0.1, 0.15) is 0 Å². The number of nitrogens with one attached hydrogen (secondary N) is 1. The van der Waals surface area contributed by atoms with E-state index in [9.17, 15) is 9.59 Å². The third-order valence-electron chi connectivity index (χ3n) is 2.14. The van der Waals surface area contributed by atoms with Gasteiger partial charge in [-0.1, -0.05) is 0 Å². The Hall–Kier alpha value is 0.206. The Morgan fingerprint density at radius 3 is 2.53 bits per heavy atom. The predicted molar refractivity (Wildman–Crippen MR) is 53.2 cm³/mol. The van der Waals surface area contributed by atoms with Crippen LogP contribution in [0.25, 0.3) is 5.32 Å². The molecular weight excluding hydrogens is 247 g/mol. The average Bonchev–Trinajstić information content (AvgIpc) is 2.54. The molecule has 0 radical (unpaired) electrons. The van der Waals surface area contributed by atoms with E-state index in [4.69, 9.17) is 11.6 Å². The van der Waals surface area contributed by atoms with Crippen LogP contribution >= 0.6 is 11.6 Å². The Balaban J connectivity index is 0.00000112. The van der Waals surface area contributed by atoms with E-state index in [1.54, 1.807) is 7.05 Å². The van der Waals surface area contributed by atoms with E-state index in [1.807, 2.05) is 0 Å². The van der Waals surface area contributed by atoms with Crippen molar-refractivity contribution >= 4 is 23.1 Å². The van der Waals surface area contributed by atoms with Gasteiger partial charge in [0, 0.05) is 19.7 Å². The first-order chi connectivity index (χ1) is 6.52. The van der Waals surface area contributed by atoms with Crippen LogP contribution in [0.5, 0.6) is 0 Å². The van der Waals surface area contributed by atoms with E-state index < -0.39 is 16.9 Å². The number of rotatable bonds is 0. The van der Waals surface area contributed by atoms with Crippen molar-refractivity contribution in [3.8, 4) is 0 Å². The first kappa shape index (κ1) is 13.3. The summed E-state index contributed by atoms with van der Waals surface area (Å²) in [5.41, 5.74) is -1.30. The second-order valence-electron chi connectivity index (χ2n) is 3.01. The van der Waals surface area contributed by atoms with Crippen molar-refractivity contribution in [2.75, 3.05) is 5.32 Å². The smallest absolute Gasteiger partial charge is 0.645 e. The van der Waals surface area contributed by atoms with Gasteiger partial charge in [-0.05, 0) is 5.69 Å². The van der Waals surface area contributed by atoms with Crippen molar-refractivity contribution in [3.63, 3.8) is 0 Å². The molecule has 0 saturated carbocycles. The summed E-state index contributed by atoms with van der Waals surface area (Å²) in [7, 11) is 2.96. The Morgan fingerprint density at radius 1 is 1.33 bits per heavy atom. The van der Waals surface area contributed by atoms with E-state index in [1.165, 1.54) is 11.6 Å². The first-order valence-electron chi connectivity index (χ1n) is 3.94. The Bertz CT molecular complexity index is 509. The fourth-order valence-electron chi connectivity index (χ4n) is 1.37. The van der Waals surface area contributed by atoms with Crippen molar-refractivity contribution in [2.24, 2.45) is 14.1 Å². The van der Waals surface area contributed by atoms with Crippen molar-refractivity contribution in [3.05, 3.63) is 26.2 Å². The first-order valence-corrected chi connectivity index (χ1v) is 4.37. The molecule has 1 atom stereocenters. The maximum Gasteiger partial charge on any atom is 1.00 e. The molecule has 8 heteroatoms. The molecular formula is C7H8ClKN4O2. The van der Waals surface area contributed by atoms with Gasteiger partial charge in [-0.3, -0.25) is 13.9 Å². The molecule has 0 spiro atoms. The fourth-order valence-corrected chi connectivity index (χ4v) is 1.57. The van der Waals surface area contributed by atoms with Crippen LogP contribution in [0, 0.1) is 0 Å². The second kappa shape index (κ2) is 4.60. The Labute approximate surface area is 133 Å². The van der Waals surface area contributed by atoms with Gasteiger partial charge in [-0.25, -0.2) is 4.79 Å². The normalized spacial score (nSPS) is 17.4. The predicted octanol–water partition coefficient (Wildman–Crippen LogP) is -2.96. The molecule has 1 aliphatic rings. The number of alkyl halides is 1. The van der Waals surface area contributed by atoms with Crippen LogP contribution in [0.2, 0.25) is 0 Å². The molecule has 1 aromatic rings. The van der Waals surface area contributed by atoms with E-state index in [0.717, 1.165) is 4.57 Å². The van der Waals surface area contributed by atoms with Crippen LogP contribution < -0.4 is 68.0 Å². The van der Waals surface area contributed by atoms with Gasteiger partial charge < -0.3 is 10.6 Å². The summed E-state index contributed by atoms with van der Waals surface area (Å²) < 4.78 is 2.31. The average molecular weight is 255 g/mol. The van der Waals surface area contributed by atoms with Gasteiger partial charge in [-0.15, -0.1) is 11.6 Å². The molecule has 1 N–H and O–H groups in total. The number of anilines is 1. The van der Waals surface area contributed by atoms with Crippen LogP contribution in [-0.2, 0) is 14.1 Å². The molecule has 0 amide bonds. The van der Waals surface area contributed by atoms with Gasteiger partial charge in [0.1, 0.15) is 0 Å². The maximum atomic E-state index is 11.5. The molecule has 6 nitrogen and oxygen atoms in total. The molecule has 0 aromatic carbocycles. The number of hydrogen-bond acceptors (Lipinski definition) is 3. The number of aromatic nitrogens is 2. The van der Waals surface area contributed by atoms with Crippen molar-refractivity contribution < 1.29 is 51.4 Å². The largest absolute Gasteiger partial charge is 1.00 e. The second-order valence-corrected chi connectivity index (χ2v) is 3.43. The molecule has 0 aliphatic carbocycles. The zero-order valence-corrected chi connectivity index (χ0v) is 12.5. The van der Waals surface area contributed by atoms with Gasteiger partial charge >= 0.3 is 57.1 Å². The van der Waals surface area contributed by atoms with Gasteiger partial charge in [-0.2, -0.15) is 0 Å². The summed E-state index contributed by atoms with van der Waals surface area (Å²) in [5, 5.41) is 6.60. The molecule has 0 fully saturated rings. The van der Waals surface area contributed by atoms with Gasteiger partial charge in [0.05, 0.1) is 5.82 Å². The number of hydrogen-bond donors (Lipinski definition) is 1. The van der Waals surface area contributed by atoms with Crippen LogP contribution in [0.3, 0.4) is 0 Å². The zero-order chi connectivity index (χ0) is 10.5. The van der Waals surface area contributed by atoms with E-state index in [-0.39, 0.29) is 57.1 Å². The summed E-state index contributed by atoms with van der Waals surface area (Å²) >= 11 is 5.68. The SMILES string of the molecule is Cn1c2c(c(=O)n(C)c1=O)[N-]C(Cl)N2.[K+]. The van der Waals surface area contributed by atoms with Crippen molar-refractivity contribution in [2.45, 2.75) is 5.62 Å². The third-order valence-corrected chi connectivity index (χ3v) is 2.35. The molecule has 2 heterocycles. The summed E-state index contributed by atoms with van der Waals surface area (Å²) in [5.74, 6) is 0.373. The molecule has 0 saturated heterocycles. The monoisotopic (exact) mass is 254 g/mol. The van der Waals surface area contributed by atoms with E-state index in [2.05, 4.69) is 10.6 Å². The molecule has 1 unspecified atom stereocenters. The molecule has 0 bridgehead atoms. The number of nitrogens with zero attached hydrogens (tertiary/aromatic N) is 3. The van der Waals surface area contributed by atoms with Gasteiger partial charge in [0.25, 0.3) is 0 Å². The number of fused-ring (bicyclic) bond motifs is 1. The third kappa shape index (κ3) is 2.04. The van der Waals surface area contributed by atoms with Gasteiger partial charge in [0.15, 0.2) is 0 Å². The minimum atomic E-state index is -0.675. The summed E-state index contributed by atoms with van der Waals surface area (Å²) in [6.45, 7) is 0. The van der Waals surface area contributed by atoms with Crippen LogP contribution in [0.15, 0.2) is 9.59 Å². The van der Waals surface area contributed by atoms with E-state index in [0.29, 0.717) is 5.82 Å². The molecule has 1 aromatic heterocycles. The zero-order valence-electron chi connectivity index (χ0n) is 8.61. The summed E-state index contributed by atoms with van der Waals surface area (Å²) in [6.07, 6.45) is 0. The summed E-state index contributed by atoms with van der Waals surface area (Å²) in [4.78, 5) is 23.0. The molecule has 2 rings (SSSR count). The molecule has 15 heavy (non-hydrogen) atoms. The molecule has 76 valence electrons. The maximum absolute atomic E-state index is 11.5. The van der Waals surface area contributed by atoms with E-state index >= 15 is 0 Å². The minimum absolute atomic E-state index is 0. The van der Waals surface area contributed by atoms with Crippen molar-refractivity contribution in [1.29, 1.82) is 0 Å². The van der Waals surface area contributed by atoms with Crippen LogP contribution in [-0.4, -0.2) is 14.8 Å². The topological polar surface area (TPSA) is 70.1 Å².